The molecule has 0 aliphatic carbocycles. The molecule has 0 saturated carbocycles. The van der Waals surface area contributed by atoms with Gasteiger partial charge < -0.3 is 14.5 Å². The predicted molar refractivity (Wildman–Crippen MR) is 156 cm³/mol. The van der Waals surface area contributed by atoms with Crippen LogP contribution in [-0.2, 0) is 9.53 Å². The molecule has 0 spiro atoms. The molecule has 6 rings (SSSR count). The van der Waals surface area contributed by atoms with Crippen LogP contribution in [0.15, 0.2) is 109 Å². The normalized spacial score (nSPS) is 13.3. The molecule has 1 aliphatic rings. The van der Waals surface area contributed by atoms with E-state index in [-0.39, 0.29) is 12.5 Å². The molecule has 4 aromatic carbocycles. The molecule has 1 saturated heterocycles. The first-order valence-electron chi connectivity index (χ1n) is 13.3. The van der Waals surface area contributed by atoms with E-state index in [1.807, 2.05) is 78.9 Å². The Morgan fingerprint density at radius 2 is 1.20 bits per heavy atom. The van der Waals surface area contributed by atoms with Crippen molar-refractivity contribution in [2.45, 2.75) is 0 Å². The summed E-state index contributed by atoms with van der Waals surface area (Å²) in [5.41, 5.74) is 6.12. The largest absolute Gasteiger partial charge is 0.452 e. The van der Waals surface area contributed by atoms with Crippen LogP contribution in [0.2, 0.25) is 0 Å². The number of hydrogen-bond donors (Lipinski definition) is 0. The lowest BCUT2D eigenvalue weighted by Gasteiger charge is -2.36. The maximum absolute atomic E-state index is 12.9. The van der Waals surface area contributed by atoms with E-state index in [4.69, 9.17) is 14.7 Å². The maximum atomic E-state index is 12.9. The van der Waals surface area contributed by atoms with Gasteiger partial charge in [-0.25, -0.2) is 14.8 Å². The highest BCUT2D eigenvalue weighted by Gasteiger charge is 2.23. The summed E-state index contributed by atoms with van der Waals surface area (Å²) in [4.78, 5) is 39.5. The van der Waals surface area contributed by atoms with Gasteiger partial charge in [-0.15, -0.1) is 0 Å². The fourth-order valence-electron chi connectivity index (χ4n) is 4.93. The van der Waals surface area contributed by atoms with Gasteiger partial charge in [0.1, 0.15) is 0 Å². The molecular formula is C33H28N4O3. The highest BCUT2D eigenvalue weighted by atomic mass is 16.5. The Balaban J connectivity index is 1.16. The number of carbonyl (C=O) groups is 2. The second-order valence-corrected chi connectivity index (χ2v) is 9.64. The third-order valence-corrected chi connectivity index (χ3v) is 7.07. The van der Waals surface area contributed by atoms with E-state index in [1.165, 1.54) is 0 Å². The summed E-state index contributed by atoms with van der Waals surface area (Å²) in [5.74, 6) is -0.756. The maximum Gasteiger partial charge on any atom is 0.338 e. The van der Waals surface area contributed by atoms with Gasteiger partial charge in [-0.1, -0.05) is 78.9 Å². The minimum absolute atomic E-state index is 0.194. The van der Waals surface area contributed by atoms with Crippen LogP contribution in [0.25, 0.3) is 33.5 Å². The van der Waals surface area contributed by atoms with E-state index in [0.717, 1.165) is 41.3 Å². The zero-order chi connectivity index (χ0) is 27.3. The minimum atomic E-state index is -0.562. The van der Waals surface area contributed by atoms with Gasteiger partial charge in [-0.2, -0.15) is 0 Å². The zero-order valence-corrected chi connectivity index (χ0v) is 21.9. The van der Waals surface area contributed by atoms with E-state index in [9.17, 15) is 9.59 Å². The van der Waals surface area contributed by atoms with Crippen LogP contribution in [-0.4, -0.2) is 59.5 Å². The van der Waals surface area contributed by atoms with Crippen LogP contribution in [0.3, 0.4) is 0 Å². The Bertz CT molecular complexity index is 1630. The first kappa shape index (κ1) is 25.2. The van der Waals surface area contributed by atoms with Crippen LogP contribution in [0, 0.1) is 0 Å². The number of rotatable bonds is 6. The molecule has 1 amide bonds. The van der Waals surface area contributed by atoms with Crippen LogP contribution < -0.4 is 4.90 Å². The van der Waals surface area contributed by atoms with E-state index in [2.05, 4.69) is 17.0 Å². The minimum Gasteiger partial charge on any atom is -0.452 e. The number of amides is 1. The lowest BCUT2D eigenvalue weighted by Crippen LogP contribution is -2.49. The Morgan fingerprint density at radius 3 is 1.80 bits per heavy atom. The van der Waals surface area contributed by atoms with Gasteiger partial charge in [0.2, 0.25) is 0 Å². The molecule has 0 N–H and O–H groups in total. The number of esters is 1. The first-order chi connectivity index (χ1) is 19.7. The molecule has 7 nitrogen and oxygen atoms in total. The number of anilines is 1. The van der Waals surface area contributed by atoms with E-state index >= 15 is 0 Å². The number of piperazine rings is 1. The quantitative estimate of drug-likeness (QED) is 0.272. The highest BCUT2D eigenvalue weighted by molar-refractivity contribution is 5.96. The number of aromatic nitrogens is 2. The summed E-state index contributed by atoms with van der Waals surface area (Å²) >= 11 is 0. The van der Waals surface area contributed by atoms with Crippen molar-refractivity contribution < 1.29 is 14.3 Å². The predicted octanol–water partition coefficient (Wildman–Crippen LogP) is 5.47. The number of hydrogen-bond acceptors (Lipinski definition) is 6. The molecule has 2 heterocycles. The highest BCUT2D eigenvalue weighted by Crippen LogP contribution is 2.31. The molecule has 40 heavy (non-hydrogen) atoms. The molecule has 0 atom stereocenters. The zero-order valence-electron chi connectivity index (χ0n) is 21.9. The van der Waals surface area contributed by atoms with E-state index < -0.39 is 5.97 Å². The average molecular weight is 529 g/mol. The van der Waals surface area contributed by atoms with Crippen molar-refractivity contribution in [1.82, 2.24) is 14.9 Å². The van der Waals surface area contributed by atoms with Gasteiger partial charge in [0.25, 0.3) is 5.91 Å². The third kappa shape index (κ3) is 5.40. The lowest BCUT2D eigenvalue weighted by molar-refractivity contribution is -0.134. The van der Waals surface area contributed by atoms with Crippen molar-refractivity contribution in [2.75, 3.05) is 37.7 Å². The molecule has 7 heteroatoms. The number of carbonyl (C=O) groups excluding carboxylic acids is 2. The summed E-state index contributed by atoms with van der Waals surface area (Å²) in [6.45, 7) is 2.35. The fourth-order valence-corrected chi connectivity index (χ4v) is 4.93. The van der Waals surface area contributed by atoms with Gasteiger partial charge in [-0.3, -0.25) is 4.79 Å². The summed E-state index contributed by atoms with van der Waals surface area (Å²) in [6.07, 6.45) is 0. The van der Waals surface area contributed by atoms with Gasteiger partial charge in [-0.05, 0) is 30.3 Å². The van der Waals surface area contributed by atoms with Crippen molar-refractivity contribution in [2.24, 2.45) is 0 Å². The molecular weight excluding hydrogens is 500 g/mol. The van der Waals surface area contributed by atoms with Crippen LogP contribution in [0.4, 0.5) is 5.69 Å². The van der Waals surface area contributed by atoms with Gasteiger partial charge in [0, 0.05) is 43.0 Å². The van der Waals surface area contributed by atoms with E-state index in [1.54, 1.807) is 23.1 Å². The van der Waals surface area contributed by atoms with Crippen molar-refractivity contribution >= 4 is 28.6 Å². The smallest absolute Gasteiger partial charge is 0.338 e. The van der Waals surface area contributed by atoms with Crippen LogP contribution in [0.5, 0.6) is 0 Å². The molecule has 0 radical (unpaired) electrons. The van der Waals surface area contributed by atoms with Crippen molar-refractivity contribution in [3.05, 3.63) is 115 Å². The average Bonchev–Trinajstić information content (AvgIpc) is 3.04. The number of para-hydroxylation sites is 1. The molecule has 198 valence electrons. The molecule has 1 aliphatic heterocycles. The number of ether oxygens (including phenoxy) is 1. The van der Waals surface area contributed by atoms with Gasteiger partial charge in [0.05, 0.1) is 28.0 Å². The van der Waals surface area contributed by atoms with Crippen molar-refractivity contribution in [3.63, 3.8) is 0 Å². The van der Waals surface area contributed by atoms with E-state index in [0.29, 0.717) is 29.7 Å². The summed E-state index contributed by atoms with van der Waals surface area (Å²) in [6, 6.07) is 35.0. The SMILES string of the molecule is O=C(OCC(=O)N1CCN(c2ccccc2)CC1)c1ccc2nc(-c3ccccc3)c(-c3ccccc3)nc2c1. The second kappa shape index (κ2) is 11.4. The molecule has 1 fully saturated rings. The molecule has 5 aromatic rings. The Labute approximate surface area is 232 Å². The molecule has 1 aromatic heterocycles. The Hall–Kier alpha value is -5.04. The van der Waals surface area contributed by atoms with Crippen LogP contribution in [0.1, 0.15) is 10.4 Å². The van der Waals surface area contributed by atoms with Crippen molar-refractivity contribution in [3.8, 4) is 22.5 Å². The summed E-state index contributed by atoms with van der Waals surface area (Å²) in [7, 11) is 0. The number of fused-ring (bicyclic) bond motifs is 1. The Morgan fingerprint density at radius 1 is 0.650 bits per heavy atom. The standard InChI is InChI=1S/C33H28N4O3/c38-30(37-20-18-36(19-21-37)27-14-8-3-9-15-27)23-40-33(39)26-16-17-28-29(22-26)35-32(25-12-6-2-7-13-25)31(34-28)24-10-4-1-5-11-24/h1-17,22H,18-21,23H2. The Kier molecular flexibility index (Phi) is 7.18. The number of benzene rings is 4. The topological polar surface area (TPSA) is 75.6 Å². The first-order valence-corrected chi connectivity index (χ1v) is 13.3. The van der Waals surface area contributed by atoms with Crippen molar-refractivity contribution in [1.29, 1.82) is 0 Å². The van der Waals surface area contributed by atoms with Gasteiger partial charge >= 0.3 is 5.97 Å². The lowest BCUT2D eigenvalue weighted by atomic mass is 10.0. The monoisotopic (exact) mass is 528 g/mol. The fraction of sp³-hybridized carbons (Fsp3) is 0.152. The third-order valence-electron chi connectivity index (χ3n) is 7.07. The van der Waals surface area contributed by atoms with Gasteiger partial charge in [0.15, 0.2) is 6.61 Å². The summed E-state index contributed by atoms with van der Waals surface area (Å²) < 4.78 is 5.42. The molecule has 0 bridgehead atoms. The van der Waals surface area contributed by atoms with Crippen LogP contribution >= 0.6 is 0 Å². The molecule has 0 unspecified atom stereocenters. The summed E-state index contributed by atoms with van der Waals surface area (Å²) in [5, 5.41) is 0. The number of nitrogens with zero attached hydrogens (tertiary/aromatic N) is 4. The second-order valence-electron chi connectivity index (χ2n) is 9.64.